The van der Waals surface area contributed by atoms with Crippen molar-refractivity contribution in [2.75, 3.05) is 6.61 Å². The number of hydrogen-bond acceptors (Lipinski definition) is 4. The van der Waals surface area contributed by atoms with Gasteiger partial charge in [-0.1, -0.05) is 30.3 Å². The first-order valence-corrected chi connectivity index (χ1v) is 7.93. The zero-order valence-corrected chi connectivity index (χ0v) is 12.4. The van der Waals surface area contributed by atoms with Crippen molar-refractivity contribution in [3.8, 4) is 5.75 Å². The molecule has 0 radical (unpaired) electrons. The van der Waals surface area contributed by atoms with Crippen molar-refractivity contribution >= 4 is 16.2 Å². The van der Waals surface area contributed by atoms with E-state index in [0.29, 0.717) is 17.9 Å². The first-order valence-electron chi connectivity index (χ1n) is 6.45. The van der Waals surface area contributed by atoms with E-state index in [0.717, 1.165) is 0 Å². The molecule has 0 aliphatic heterocycles. The minimum atomic E-state index is -3.64. The van der Waals surface area contributed by atoms with Crippen LogP contribution >= 0.6 is 0 Å². The van der Waals surface area contributed by atoms with Gasteiger partial charge in [0.1, 0.15) is 5.75 Å². The maximum absolute atomic E-state index is 12.0. The lowest BCUT2D eigenvalue weighted by Crippen LogP contribution is -2.18. The summed E-state index contributed by atoms with van der Waals surface area (Å²) in [6.07, 6.45) is 1.42. The van der Waals surface area contributed by atoms with Gasteiger partial charge in [0, 0.05) is 5.56 Å². The van der Waals surface area contributed by atoms with Crippen molar-refractivity contribution in [3.63, 3.8) is 0 Å². The average molecular weight is 304 g/mol. The molecule has 0 aromatic heterocycles. The monoisotopic (exact) mass is 304 g/mol. The molecule has 0 spiro atoms. The van der Waals surface area contributed by atoms with Crippen molar-refractivity contribution in [2.45, 2.75) is 11.8 Å². The summed E-state index contributed by atoms with van der Waals surface area (Å²) in [6, 6.07) is 15.3. The lowest BCUT2D eigenvalue weighted by molar-refractivity contribution is 0.340. The van der Waals surface area contributed by atoms with Gasteiger partial charge >= 0.3 is 0 Å². The van der Waals surface area contributed by atoms with Crippen LogP contribution in [0.1, 0.15) is 12.5 Å². The summed E-state index contributed by atoms with van der Waals surface area (Å²) in [6.45, 7) is 2.41. The number of hydrogen-bond donors (Lipinski definition) is 1. The van der Waals surface area contributed by atoms with Crippen LogP contribution in [0.15, 0.2) is 64.6 Å². The number of ether oxygens (including phenoxy) is 1. The van der Waals surface area contributed by atoms with Gasteiger partial charge in [-0.2, -0.15) is 13.5 Å². The van der Waals surface area contributed by atoms with Crippen LogP contribution in [0, 0.1) is 0 Å². The summed E-state index contributed by atoms with van der Waals surface area (Å²) in [5.74, 6) is 0.655. The SMILES string of the molecule is CCOc1ccccc1/C=N/NS(=O)(=O)c1ccccc1. The first-order chi connectivity index (χ1) is 10.1. The minimum absolute atomic E-state index is 0.167. The van der Waals surface area contributed by atoms with Gasteiger partial charge in [-0.25, -0.2) is 4.83 Å². The molecule has 0 aliphatic rings. The van der Waals surface area contributed by atoms with Crippen LogP contribution in [-0.4, -0.2) is 21.2 Å². The Morgan fingerprint density at radius 1 is 1.10 bits per heavy atom. The van der Waals surface area contributed by atoms with E-state index in [2.05, 4.69) is 9.93 Å². The van der Waals surface area contributed by atoms with Crippen molar-refractivity contribution in [3.05, 3.63) is 60.2 Å². The minimum Gasteiger partial charge on any atom is -0.493 e. The molecule has 2 aromatic rings. The number of nitrogens with one attached hydrogen (secondary N) is 1. The molecule has 0 saturated carbocycles. The van der Waals surface area contributed by atoms with Gasteiger partial charge in [-0.3, -0.25) is 0 Å². The quantitative estimate of drug-likeness (QED) is 0.658. The number of hydrazone groups is 1. The predicted molar refractivity (Wildman–Crippen MR) is 82.0 cm³/mol. The zero-order valence-electron chi connectivity index (χ0n) is 11.6. The molecule has 0 saturated heterocycles. The van der Waals surface area contributed by atoms with Gasteiger partial charge in [-0.15, -0.1) is 0 Å². The normalized spacial score (nSPS) is 11.5. The van der Waals surface area contributed by atoms with E-state index in [1.54, 1.807) is 30.3 Å². The highest BCUT2D eigenvalue weighted by atomic mass is 32.2. The number of para-hydroxylation sites is 1. The van der Waals surface area contributed by atoms with Crippen LogP contribution < -0.4 is 9.57 Å². The highest BCUT2D eigenvalue weighted by molar-refractivity contribution is 7.89. The van der Waals surface area contributed by atoms with Gasteiger partial charge in [0.2, 0.25) is 0 Å². The van der Waals surface area contributed by atoms with Gasteiger partial charge in [-0.05, 0) is 31.2 Å². The molecule has 0 heterocycles. The zero-order chi connectivity index (χ0) is 15.1. The van der Waals surface area contributed by atoms with E-state index in [9.17, 15) is 8.42 Å². The lowest BCUT2D eigenvalue weighted by Gasteiger charge is -2.06. The van der Waals surface area contributed by atoms with Crippen LogP contribution in [0.25, 0.3) is 0 Å². The van der Waals surface area contributed by atoms with Crippen molar-refractivity contribution < 1.29 is 13.2 Å². The number of nitrogens with zero attached hydrogens (tertiary/aromatic N) is 1. The van der Waals surface area contributed by atoms with E-state index in [-0.39, 0.29) is 4.90 Å². The van der Waals surface area contributed by atoms with E-state index in [1.165, 1.54) is 18.3 Å². The van der Waals surface area contributed by atoms with Gasteiger partial charge < -0.3 is 4.74 Å². The standard InChI is InChI=1S/C15H16N2O3S/c1-2-20-15-11-7-6-8-13(15)12-16-17-21(18,19)14-9-4-3-5-10-14/h3-12,17H,2H2,1H3/b16-12+. The largest absolute Gasteiger partial charge is 0.493 e. The Kier molecular flexibility index (Phi) is 4.94. The number of rotatable bonds is 6. The molecule has 1 N–H and O–H groups in total. The highest BCUT2D eigenvalue weighted by Gasteiger charge is 2.11. The first kappa shape index (κ1) is 15.1. The summed E-state index contributed by atoms with van der Waals surface area (Å²) >= 11 is 0. The molecule has 2 rings (SSSR count). The summed E-state index contributed by atoms with van der Waals surface area (Å²) in [7, 11) is -3.64. The fourth-order valence-electron chi connectivity index (χ4n) is 1.69. The second kappa shape index (κ2) is 6.90. The summed E-state index contributed by atoms with van der Waals surface area (Å²) < 4.78 is 29.4. The predicted octanol–water partition coefficient (Wildman–Crippen LogP) is 2.40. The average Bonchev–Trinajstić information content (AvgIpc) is 2.50. The third kappa shape index (κ3) is 4.06. The molecular weight excluding hydrogens is 288 g/mol. The van der Waals surface area contributed by atoms with Gasteiger partial charge in [0.25, 0.3) is 10.0 Å². The Hall–Kier alpha value is -2.34. The Bertz CT molecular complexity index is 713. The Morgan fingerprint density at radius 3 is 2.48 bits per heavy atom. The van der Waals surface area contributed by atoms with Gasteiger partial charge in [0.05, 0.1) is 17.7 Å². The summed E-state index contributed by atoms with van der Waals surface area (Å²) in [5.41, 5.74) is 0.704. The number of benzene rings is 2. The molecule has 0 fully saturated rings. The molecule has 2 aromatic carbocycles. The van der Waals surface area contributed by atoms with Crippen LogP contribution in [0.2, 0.25) is 0 Å². The second-order valence-electron chi connectivity index (χ2n) is 4.14. The molecule has 6 heteroatoms. The molecule has 110 valence electrons. The van der Waals surface area contributed by atoms with Crippen LogP contribution in [0.4, 0.5) is 0 Å². The second-order valence-corrected chi connectivity index (χ2v) is 5.80. The Morgan fingerprint density at radius 2 is 1.76 bits per heavy atom. The van der Waals surface area contributed by atoms with Crippen molar-refractivity contribution in [2.24, 2.45) is 5.10 Å². The van der Waals surface area contributed by atoms with Crippen molar-refractivity contribution in [1.82, 2.24) is 4.83 Å². The van der Waals surface area contributed by atoms with Crippen LogP contribution in [-0.2, 0) is 10.0 Å². The van der Waals surface area contributed by atoms with E-state index < -0.39 is 10.0 Å². The summed E-state index contributed by atoms with van der Waals surface area (Å²) in [4.78, 5) is 2.35. The molecule has 0 aliphatic carbocycles. The maximum Gasteiger partial charge on any atom is 0.276 e. The molecule has 0 atom stereocenters. The Balaban J connectivity index is 2.13. The van der Waals surface area contributed by atoms with Crippen LogP contribution in [0.3, 0.4) is 0 Å². The fourth-order valence-corrected chi connectivity index (χ4v) is 2.50. The van der Waals surface area contributed by atoms with Crippen LogP contribution in [0.5, 0.6) is 5.75 Å². The fraction of sp³-hybridized carbons (Fsp3) is 0.133. The molecule has 21 heavy (non-hydrogen) atoms. The van der Waals surface area contributed by atoms with Gasteiger partial charge in [0.15, 0.2) is 0 Å². The third-order valence-electron chi connectivity index (χ3n) is 2.65. The highest BCUT2D eigenvalue weighted by Crippen LogP contribution is 2.15. The third-order valence-corrected chi connectivity index (χ3v) is 3.89. The maximum atomic E-state index is 12.0. The number of sulfonamides is 1. The summed E-state index contributed by atoms with van der Waals surface area (Å²) in [5, 5.41) is 3.79. The molecular formula is C15H16N2O3S. The molecule has 0 amide bonds. The van der Waals surface area contributed by atoms with E-state index >= 15 is 0 Å². The molecule has 5 nitrogen and oxygen atoms in total. The molecule has 0 bridgehead atoms. The lowest BCUT2D eigenvalue weighted by atomic mass is 10.2. The Labute approximate surface area is 124 Å². The van der Waals surface area contributed by atoms with E-state index in [4.69, 9.17) is 4.74 Å². The van der Waals surface area contributed by atoms with E-state index in [1.807, 2.05) is 19.1 Å². The topological polar surface area (TPSA) is 67.8 Å². The smallest absolute Gasteiger partial charge is 0.276 e. The van der Waals surface area contributed by atoms with Crippen molar-refractivity contribution in [1.29, 1.82) is 0 Å². The molecule has 0 unspecified atom stereocenters.